The summed E-state index contributed by atoms with van der Waals surface area (Å²) in [6.07, 6.45) is 0.668. The Balaban J connectivity index is 1.70. The Morgan fingerprint density at radius 3 is 2.30 bits per heavy atom. The molecule has 3 rings (SSSR count). The van der Waals surface area contributed by atoms with E-state index in [-0.39, 0.29) is 17.6 Å². The van der Waals surface area contributed by atoms with E-state index in [1.165, 1.54) is 13.2 Å². The lowest BCUT2D eigenvalue weighted by Gasteiger charge is -2.23. The number of carbonyl (C=O) groups excluding carboxylic acids is 2. The molecular weight excluding hydrogens is 347 g/mol. The second-order valence-corrected chi connectivity index (χ2v) is 6.60. The number of para-hydroxylation sites is 1. The number of hydrogen-bond acceptors (Lipinski definition) is 3. The van der Waals surface area contributed by atoms with Gasteiger partial charge in [-0.1, -0.05) is 18.2 Å². The molecule has 0 unspecified atom stereocenters. The van der Waals surface area contributed by atoms with Crippen LogP contribution in [0.2, 0.25) is 0 Å². The van der Waals surface area contributed by atoms with Crippen molar-refractivity contribution in [3.05, 3.63) is 65.0 Å². The number of ether oxygens (including phenoxy) is 1. The zero-order chi connectivity index (χ0) is 19.4. The molecule has 2 aromatic rings. The molecule has 6 heteroatoms. The lowest BCUT2D eigenvalue weighted by Crippen LogP contribution is -2.37. The molecule has 0 aliphatic carbocycles. The minimum atomic E-state index is -0.386. The Morgan fingerprint density at radius 2 is 1.63 bits per heavy atom. The summed E-state index contributed by atoms with van der Waals surface area (Å²) in [5.74, 6) is -0.165. The summed E-state index contributed by atoms with van der Waals surface area (Å²) in [5.41, 5.74) is 1.36. The molecule has 2 amide bonds. The van der Waals surface area contributed by atoms with Crippen LogP contribution in [0.3, 0.4) is 0 Å². The number of methoxy groups -OCH3 is 1. The predicted octanol–water partition coefficient (Wildman–Crippen LogP) is 3.13. The third-order valence-electron chi connectivity index (χ3n) is 4.83. The Bertz CT molecular complexity index is 853. The molecule has 0 spiro atoms. The summed E-state index contributed by atoms with van der Waals surface area (Å²) in [5, 5.41) is 0. The normalized spacial score (nSPS) is 14.6. The number of halogens is 1. The highest BCUT2D eigenvalue weighted by Crippen LogP contribution is 2.20. The van der Waals surface area contributed by atoms with Gasteiger partial charge in [0.2, 0.25) is 0 Å². The number of rotatable bonds is 3. The van der Waals surface area contributed by atoms with Gasteiger partial charge in [-0.2, -0.15) is 0 Å². The fraction of sp³-hybridized carbons (Fsp3) is 0.333. The third kappa shape index (κ3) is 4.10. The first kappa shape index (κ1) is 18.9. The molecule has 5 nitrogen and oxygen atoms in total. The van der Waals surface area contributed by atoms with Crippen LogP contribution in [0.4, 0.5) is 4.39 Å². The van der Waals surface area contributed by atoms with Gasteiger partial charge in [-0.05, 0) is 43.2 Å². The summed E-state index contributed by atoms with van der Waals surface area (Å²) in [6, 6.07) is 11.6. The minimum Gasteiger partial charge on any atom is -0.496 e. The van der Waals surface area contributed by atoms with Gasteiger partial charge in [0.05, 0.1) is 12.7 Å². The molecular formula is C21H23FN2O3. The fourth-order valence-electron chi connectivity index (χ4n) is 3.22. The number of hydrogen-bond donors (Lipinski definition) is 0. The first-order valence-corrected chi connectivity index (χ1v) is 8.99. The molecule has 0 aromatic heterocycles. The molecule has 0 radical (unpaired) electrons. The molecule has 0 saturated carbocycles. The molecule has 1 fully saturated rings. The highest BCUT2D eigenvalue weighted by atomic mass is 19.1. The number of amides is 2. The highest BCUT2D eigenvalue weighted by Gasteiger charge is 2.25. The molecule has 0 bridgehead atoms. The van der Waals surface area contributed by atoms with Crippen molar-refractivity contribution in [1.29, 1.82) is 0 Å². The van der Waals surface area contributed by atoms with Gasteiger partial charge < -0.3 is 14.5 Å². The van der Waals surface area contributed by atoms with Gasteiger partial charge in [-0.15, -0.1) is 0 Å². The second-order valence-electron chi connectivity index (χ2n) is 6.60. The SMILES string of the molecule is COc1ccccc1C(=O)N1CCCN(C(=O)c2ccc(C)c(F)c2)CC1. The number of aryl methyl sites for hydroxylation is 1. The van der Waals surface area contributed by atoms with Crippen LogP contribution >= 0.6 is 0 Å². The molecule has 27 heavy (non-hydrogen) atoms. The van der Waals surface area contributed by atoms with Crippen molar-refractivity contribution in [2.75, 3.05) is 33.3 Å². The molecule has 1 aliphatic heterocycles. The molecule has 142 valence electrons. The number of carbonyl (C=O) groups is 2. The molecule has 1 heterocycles. The van der Waals surface area contributed by atoms with Crippen molar-refractivity contribution in [1.82, 2.24) is 9.80 Å². The van der Waals surface area contributed by atoms with Crippen LogP contribution in [0.1, 0.15) is 32.7 Å². The van der Waals surface area contributed by atoms with Crippen LogP contribution in [-0.2, 0) is 0 Å². The van der Waals surface area contributed by atoms with Crippen molar-refractivity contribution >= 4 is 11.8 Å². The Labute approximate surface area is 158 Å². The van der Waals surface area contributed by atoms with Crippen LogP contribution in [-0.4, -0.2) is 54.9 Å². The Morgan fingerprint density at radius 1 is 0.963 bits per heavy atom. The van der Waals surface area contributed by atoms with Crippen molar-refractivity contribution in [3.63, 3.8) is 0 Å². The molecule has 0 atom stereocenters. The van der Waals surface area contributed by atoms with Crippen LogP contribution in [0.25, 0.3) is 0 Å². The van der Waals surface area contributed by atoms with E-state index in [9.17, 15) is 14.0 Å². The zero-order valence-corrected chi connectivity index (χ0v) is 15.6. The lowest BCUT2D eigenvalue weighted by molar-refractivity contribution is 0.0716. The van der Waals surface area contributed by atoms with E-state index < -0.39 is 0 Å². The average molecular weight is 370 g/mol. The lowest BCUT2D eigenvalue weighted by atomic mass is 10.1. The molecule has 2 aromatic carbocycles. The largest absolute Gasteiger partial charge is 0.496 e. The van der Waals surface area contributed by atoms with Crippen LogP contribution in [0.15, 0.2) is 42.5 Å². The second kappa shape index (κ2) is 8.20. The molecule has 1 saturated heterocycles. The van der Waals surface area contributed by atoms with Gasteiger partial charge in [-0.25, -0.2) is 4.39 Å². The first-order chi connectivity index (χ1) is 13.0. The number of benzene rings is 2. The van der Waals surface area contributed by atoms with E-state index in [1.54, 1.807) is 47.1 Å². The minimum absolute atomic E-state index is 0.108. The van der Waals surface area contributed by atoms with Crippen LogP contribution in [0, 0.1) is 12.7 Å². The zero-order valence-electron chi connectivity index (χ0n) is 15.6. The van der Waals surface area contributed by atoms with Gasteiger partial charge in [0.1, 0.15) is 11.6 Å². The van der Waals surface area contributed by atoms with E-state index in [2.05, 4.69) is 0 Å². The molecule has 1 aliphatic rings. The monoisotopic (exact) mass is 370 g/mol. The summed E-state index contributed by atoms with van der Waals surface area (Å²) in [4.78, 5) is 29.0. The van der Waals surface area contributed by atoms with Crippen molar-refractivity contribution in [3.8, 4) is 5.75 Å². The van der Waals surface area contributed by atoms with Gasteiger partial charge in [0, 0.05) is 31.7 Å². The maximum atomic E-state index is 13.8. The van der Waals surface area contributed by atoms with E-state index in [4.69, 9.17) is 4.74 Å². The first-order valence-electron chi connectivity index (χ1n) is 8.99. The fourth-order valence-corrected chi connectivity index (χ4v) is 3.22. The number of nitrogens with zero attached hydrogens (tertiary/aromatic N) is 2. The van der Waals surface area contributed by atoms with Crippen molar-refractivity contribution in [2.24, 2.45) is 0 Å². The van der Waals surface area contributed by atoms with Crippen molar-refractivity contribution in [2.45, 2.75) is 13.3 Å². The standard InChI is InChI=1S/C21H23FN2O3/c1-15-8-9-16(14-18(15)22)20(25)23-10-5-11-24(13-12-23)21(26)17-6-3-4-7-19(17)27-2/h3-4,6-9,14H,5,10-13H2,1-2H3. The predicted molar refractivity (Wildman–Crippen MR) is 101 cm³/mol. The van der Waals surface area contributed by atoms with Crippen LogP contribution in [0.5, 0.6) is 5.75 Å². The average Bonchev–Trinajstić information content (AvgIpc) is 2.95. The van der Waals surface area contributed by atoms with Gasteiger partial charge in [0.15, 0.2) is 0 Å². The summed E-state index contributed by atoms with van der Waals surface area (Å²) in [7, 11) is 1.54. The van der Waals surface area contributed by atoms with Crippen LogP contribution < -0.4 is 4.74 Å². The van der Waals surface area contributed by atoms with E-state index in [1.807, 2.05) is 6.07 Å². The van der Waals surface area contributed by atoms with Crippen molar-refractivity contribution < 1.29 is 18.7 Å². The van der Waals surface area contributed by atoms with E-state index in [0.717, 1.165) is 0 Å². The summed E-state index contributed by atoms with van der Waals surface area (Å²) >= 11 is 0. The summed E-state index contributed by atoms with van der Waals surface area (Å²) < 4.78 is 19.1. The van der Waals surface area contributed by atoms with Gasteiger partial charge >= 0.3 is 0 Å². The quantitative estimate of drug-likeness (QED) is 0.834. The summed E-state index contributed by atoms with van der Waals surface area (Å²) in [6.45, 7) is 3.59. The van der Waals surface area contributed by atoms with E-state index in [0.29, 0.717) is 55.0 Å². The smallest absolute Gasteiger partial charge is 0.257 e. The Hall–Kier alpha value is -2.89. The third-order valence-corrected chi connectivity index (χ3v) is 4.83. The topological polar surface area (TPSA) is 49.9 Å². The maximum absolute atomic E-state index is 13.8. The van der Waals surface area contributed by atoms with Gasteiger partial charge in [-0.3, -0.25) is 9.59 Å². The van der Waals surface area contributed by atoms with E-state index >= 15 is 0 Å². The molecule has 0 N–H and O–H groups in total. The Kier molecular flexibility index (Phi) is 5.74. The van der Waals surface area contributed by atoms with Gasteiger partial charge in [0.25, 0.3) is 11.8 Å². The highest BCUT2D eigenvalue weighted by molar-refractivity contribution is 5.97. The maximum Gasteiger partial charge on any atom is 0.257 e.